The molecule has 0 radical (unpaired) electrons. The fourth-order valence-electron chi connectivity index (χ4n) is 2.18. The van der Waals surface area contributed by atoms with Gasteiger partial charge in [-0.2, -0.15) is 0 Å². The Morgan fingerprint density at radius 1 is 1.58 bits per heavy atom. The molecule has 0 saturated carbocycles. The average Bonchev–Trinajstić information content (AvgIpc) is 2.39. The molecule has 19 heavy (non-hydrogen) atoms. The van der Waals surface area contributed by atoms with E-state index >= 15 is 0 Å². The number of carbonyl (C=O) groups is 1. The summed E-state index contributed by atoms with van der Waals surface area (Å²) >= 11 is 3.37. The summed E-state index contributed by atoms with van der Waals surface area (Å²) in [7, 11) is 0. The zero-order valence-electron chi connectivity index (χ0n) is 10.9. The lowest BCUT2D eigenvalue weighted by atomic mass is 10.1. The van der Waals surface area contributed by atoms with E-state index < -0.39 is 0 Å². The fourth-order valence-corrected chi connectivity index (χ4v) is 2.62. The summed E-state index contributed by atoms with van der Waals surface area (Å²) in [6, 6.07) is 4.55. The molecule has 1 saturated heterocycles. The number of amides is 1. The monoisotopic (exact) mass is 329 g/mol. The van der Waals surface area contributed by atoms with Crippen molar-refractivity contribution < 1.29 is 13.9 Å². The van der Waals surface area contributed by atoms with Crippen LogP contribution in [0.3, 0.4) is 0 Å². The Bertz CT molecular complexity index is 467. The van der Waals surface area contributed by atoms with Crippen molar-refractivity contribution in [3.05, 3.63) is 34.1 Å². The first-order valence-electron chi connectivity index (χ1n) is 6.39. The molecule has 1 aromatic carbocycles. The van der Waals surface area contributed by atoms with Gasteiger partial charge in [0.25, 0.3) is 0 Å². The van der Waals surface area contributed by atoms with E-state index in [1.807, 2.05) is 11.8 Å². The first kappa shape index (κ1) is 14.5. The molecule has 0 aromatic heterocycles. The number of halogens is 2. The minimum atomic E-state index is -0.273. The molecule has 0 bridgehead atoms. The van der Waals surface area contributed by atoms with Gasteiger partial charge in [-0.05, 0) is 37.1 Å². The standard InChI is InChI=1S/C14H17BrFNO2/c1-10-9-17(6-7-19-10)14(18)5-2-11-8-12(16)3-4-13(11)15/h3-4,8,10H,2,5-7,9H2,1H3/t10-/m0/s1. The number of rotatable bonds is 3. The third kappa shape index (κ3) is 4.01. The van der Waals surface area contributed by atoms with Gasteiger partial charge in [0.05, 0.1) is 12.7 Å². The van der Waals surface area contributed by atoms with E-state index in [4.69, 9.17) is 4.74 Å². The van der Waals surface area contributed by atoms with Gasteiger partial charge in [0.2, 0.25) is 5.91 Å². The molecule has 1 fully saturated rings. The molecule has 1 heterocycles. The van der Waals surface area contributed by atoms with Crippen molar-refractivity contribution in [2.24, 2.45) is 0 Å². The van der Waals surface area contributed by atoms with Crippen molar-refractivity contribution in [1.29, 1.82) is 0 Å². The SMILES string of the molecule is C[C@H]1CN(C(=O)CCc2cc(F)ccc2Br)CCO1. The van der Waals surface area contributed by atoms with Crippen molar-refractivity contribution in [3.8, 4) is 0 Å². The smallest absolute Gasteiger partial charge is 0.223 e. The van der Waals surface area contributed by atoms with Crippen LogP contribution in [0.1, 0.15) is 18.9 Å². The highest BCUT2D eigenvalue weighted by Gasteiger charge is 2.21. The van der Waals surface area contributed by atoms with Crippen LogP contribution in [0.5, 0.6) is 0 Å². The normalized spacial score (nSPS) is 19.5. The highest BCUT2D eigenvalue weighted by molar-refractivity contribution is 9.10. The summed E-state index contributed by atoms with van der Waals surface area (Å²) in [6.07, 6.45) is 1.04. The van der Waals surface area contributed by atoms with E-state index in [1.54, 1.807) is 6.07 Å². The van der Waals surface area contributed by atoms with Crippen LogP contribution in [-0.2, 0) is 16.0 Å². The first-order chi connectivity index (χ1) is 9.06. The molecule has 104 valence electrons. The van der Waals surface area contributed by atoms with Gasteiger partial charge >= 0.3 is 0 Å². The lowest BCUT2D eigenvalue weighted by molar-refractivity contribution is -0.138. The summed E-state index contributed by atoms with van der Waals surface area (Å²) in [5, 5.41) is 0. The van der Waals surface area contributed by atoms with Crippen LogP contribution in [-0.4, -0.2) is 36.6 Å². The Hall–Kier alpha value is -0.940. The lowest BCUT2D eigenvalue weighted by Gasteiger charge is -2.31. The maximum absolute atomic E-state index is 13.1. The van der Waals surface area contributed by atoms with Gasteiger partial charge in [0.15, 0.2) is 0 Å². The molecule has 3 nitrogen and oxygen atoms in total. The third-order valence-electron chi connectivity index (χ3n) is 3.21. The van der Waals surface area contributed by atoms with E-state index in [-0.39, 0.29) is 17.8 Å². The Labute approximate surface area is 120 Å². The van der Waals surface area contributed by atoms with Crippen molar-refractivity contribution in [2.75, 3.05) is 19.7 Å². The molecule has 5 heteroatoms. The van der Waals surface area contributed by atoms with E-state index in [0.29, 0.717) is 32.5 Å². The number of hydrogen-bond acceptors (Lipinski definition) is 2. The summed E-state index contributed by atoms with van der Waals surface area (Å²) in [4.78, 5) is 13.9. The minimum Gasteiger partial charge on any atom is -0.375 e. The van der Waals surface area contributed by atoms with Crippen molar-refractivity contribution >= 4 is 21.8 Å². The van der Waals surface area contributed by atoms with Gasteiger partial charge in [-0.3, -0.25) is 4.79 Å². The highest BCUT2D eigenvalue weighted by Crippen LogP contribution is 2.20. The van der Waals surface area contributed by atoms with E-state index in [9.17, 15) is 9.18 Å². The predicted octanol–water partition coefficient (Wildman–Crippen LogP) is 2.77. The number of aryl methyl sites for hydroxylation is 1. The molecule has 1 atom stereocenters. The highest BCUT2D eigenvalue weighted by atomic mass is 79.9. The molecule has 0 aliphatic carbocycles. The molecular weight excluding hydrogens is 313 g/mol. The van der Waals surface area contributed by atoms with Gasteiger partial charge in [0.1, 0.15) is 5.82 Å². The number of hydrogen-bond donors (Lipinski definition) is 0. The molecule has 1 aromatic rings. The molecule has 1 aliphatic rings. The van der Waals surface area contributed by atoms with Crippen LogP contribution in [0, 0.1) is 5.82 Å². The van der Waals surface area contributed by atoms with Crippen LogP contribution in [0.25, 0.3) is 0 Å². The molecule has 1 aliphatic heterocycles. The van der Waals surface area contributed by atoms with Gasteiger partial charge in [-0.1, -0.05) is 15.9 Å². The summed E-state index contributed by atoms with van der Waals surface area (Å²) in [5.41, 5.74) is 0.828. The van der Waals surface area contributed by atoms with Gasteiger partial charge in [0, 0.05) is 24.0 Å². The van der Waals surface area contributed by atoms with Crippen LogP contribution in [0.2, 0.25) is 0 Å². The Morgan fingerprint density at radius 3 is 3.11 bits per heavy atom. The van der Waals surface area contributed by atoms with Gasteiger partial charge in [-0.15, -0.1) is 0 Å². The Balaban J connectivity index is 1.91. The van der Waals surface area contributed by atoms with Crippen LogP contribution in [0.15, 0.2) is 22.7 Å². The molecule has 2 rings (SSSR count). The Kier molecular flexibility index (Phi) is 4.93. The van der Waals surface area contributed by atoms with Crippen molar-refractivity contribution in [2.45, 2.75) is 25.9 Å². The van der Waals surface area contributed by atoms with E-state index in [1.165, 1.54) is 12.1 Å². The van der Waals surface area contributed by atoms with Crippen LogP contribution in [0.4, 0.5) is 4.39 Å². The number of benzene rings is 1. The maximum Gasteiger partial charge on any atom is 0.223 e. The molecule has 1 amide bonds. The Morgan fingerprint density at radius 2 is 2.37 bits per heavy atom. The molecule has 0 N–H and O–H groups in total. The summed E-state index contributed by atoms with van der Waals surface area (Å²) in [5.74, 6) is -0.169. The second-order valence-electron chi connectivity index (χ2n) is 4.76. The zero-order chi connectivity index (χ0) is 13.8. The van der Waals surface area contributed by atoms with E-state index in [0.717, 1.165) is 10.0 Å². The molecular formula is C14H17BrFNO2. The van der Waals surface area contributed by atoms with Crippen molar-refractivity contribution in [3.63, 3.8) is 0 Å². The average molecular weight is 330 g/mol. The number of ether oxygens (including phenoxy) is 1. The minimum absolute atomic E-state index is 0.0959. The van der Waals surface area contributed by atoms with Crippen LogP contribution >= 0.6 is 15.9 Å². The molecule has 0 spiro atoms. The lowest BCUT2D eigenvalue weighted by Crippen LogP contribution is -2.44. The van der Waals surface area contributed by atoms with E-state index in [2.05, 4.69) is 15.9 Å². The number of carbonyl (C=O) groups excluding carboxylic acids is 1. The zero-order valence-corrected chi connectivity index (χ0v) is 12.5. The second kappa shape index (κ2) is 6.48. The topological polar surface area (TPSA) is 29.5 Å². The number of nitrogens with zero attached hydrogens (tertiary/aromatic N) is 1. The van der Waals surface area contributed by atoms with Crippen molar-refractivity contribution in [1.82, 2.24) is 4.90 Å². The predicted molar refractivity (Wildman–Crippen MR) is 74.4 cm³/mol. The van der Waals surface area contributed by atoms with Gasteiger partial charge in [-0.25, -0.2) is 4.39 Å². The number of morpholine rings is 1. The first-order valence-corrected chi connectivity index (χ1v) is 7.19. The second-order valence-corrected chi connectivity index (χ2v) is 5.61. The van der Waals surface area contributed by atoms with Crippen LogP contribution < -0.4 is 0 Å². The van der Waals surface area contributed by atoms with Gasteiger partial charge < -0.3 is 9.64 Å². The fraction of sp³-hybridized carbons (Fsp3) is 0.500. The largest absolute Gasteiger partial charge is 0.375 e. The summed E-state index contributed by atoms with van der Waals surface area (Å²) < 4.78 is 19.4. The third-order valence-corrected chi connectivity index (χ3v) is 3.98. The maximum atomic E-state index is 13.1. The molecule has 0 unspecified atom stereocenters. The quantitative estimate of drug-likeness (QED) is 0.853. The summed E-state index contributed by atoms with van der Waals surface area (Å²) in [6.45, 7) is 3.84.